The number of carbonyl (C=O) groups excluding carboxylic acids is 1. The fourth-order valence-corrected chi connectivity index (χ4v) is 5.21. The van der Waals surface area contributed by atoms with E-state index in [1.54, 1.807) is 0 Å². The average molecular weight is 383 g/mol. The number of benzene rings is 1. The van der Waals surface area contributed by atoms with Gasteiger partial charge in [-0.2, -0.15) is 0 Å². The zero-order valence-electron chi connectivity index (χ0n) is 14.7. The molecule has 4 rings (SSSR count). The van der Waals surface area contributed by atoms with Crippen LogP contribution >= 0.6 is 24.0 Å². The molecule has 1 aromatic carbocycles. The van der Waals surface area contributed by atoms with Gasteiger partial charge < -0.3 is 10.2 Å². The molecule has 2 saturated heterocycles. The lowest BCUT2D eigenvalue weighted by atomic mass is 9.74. The molecule has 3 aliphatic rings. The van der Waals surface area contributed by atoms with E-state index in [1.807, 2.05) is 12.1 Å². The van der Waals surface area contributed by atoms with Crippen LogP contribution in [-0.4, -0.2) is 37.0 Å². The maximum absolute atomic E-state index is 13.5. The molecule has 0 aromatic heterocycles. The van der Waals surface area contributed by atoms with Gasteiger partial charge in [-0.1, -0.05) is 36.6 Å². The molecule has 1 spiro atoms. The molecule has 0 unspecified atom stereocenters. The highest BCUT2D eigenvalue weighted by atomic mass is 35.5. The molecule has 3 nitrogen and oxygen atoms in total. The lowest BCUT2D eigenvalue weighted by Crippen LogP contribution is -2.50. The molecular formula is C20H28Cl2N2O. The highest BCUT2D eigenvalue weighted by Gasteiger charge is 2.47. The predicted octanol–water partition coefficient (Wildman–Crippen LogP) is 4.18. The number of amides is 1. The fraction of sp³-hybridized carbons (Fsp3) is 0.650. The van der Waals surface area contributed by atoms with Crippen molar-refractivity contribution in [2.75, 3.05) is 26.2 Å². The van der Waals surface area contributed by atoms with Gasteiger partial charge in [-0.15, -0.1) is 12.4 Å². The number of hydrogen-bond acceptors (Lipinski definition) is 2. The summed E-state index contributed by atoms with van der Waals surface area (Å²) in [5.74, 6) is 0.364. The van der Waals surface area contributed by atoms with E-state index in [1.165, 1.54) is 6.42 Å². The summed E-state index contributed by atoms with van der Waals surface area (Å²) < 4.78 is 0. The number of halogens is 2. The van der Waals surface area contributed by atoms with Crippen molar-refractivity contribution in [3.05, 3.63) is 34.9 Å². The topological polar surface area (TPSA) is 32.3 Å². The molecular weight excluding hydrogens is 355 g/mol. The van der Waals surface area contributed by atoms with Crippen LogP contribution in [-0.2, 0) is 10.2 Å². The minimum atomic E-state index is -0.303. The summed E-state index contributed by atoms with van der Waals surface area (Å²) in [5.41, 5.74) is 1.32. The minimum absolute atomic E-state index is 0. The Morgan fingerprint density at radius 3 is 2.20 bits per heavy atom. The van der Waals surface area contributed by atoms with Gasteiger partial charge in [0, 0.05) is 24.7 Å². The Morgan fingerprint density at radius 2 is 1.64 bits per heavy atom. The van der Waals surface area contributed by atoms with Crippen LogP contribution in [0.1, 0.15) is 50.5 Å². The van der Waals surface area contributed by atoms with E-state index in [0.29, 0.717) is 11.3 Å². The molecule has 2 aliphatic heterocycles. The highest BCUT2D eigenvalue weighted by molar-refractivity contribution is 6.30. The van der Waals surface area contributed by atoms with E-state index >= 15 is 0 Å². The molecule has 0 atom stereocenters. The van der Waals surface area contributed by atoms with Crippen molar-refractivity contribution in [1.29, 1.82) is 0 Å². The molecule has 5 heteroatoms. The number of nitrogens with zero attached hydrogens (tertiary/aromatic N) is 1. The van der Waals surface area contributed by atoms with Crippen LogP contribution in [0.15, 0.2) is 24.3 Å². The van der Waals surface area contributed by atoms with Crippen molar-refractivity contribution < 1.29 is 4.79 Å². The van der Waals surface area contributed by atoms with Crippen LogP contribution in [0.25, 0.3) is 0 Å². The zero-order valence-corrected chi connectivity index (χ0v) is 16.3. The average Bonchev–Trinajstić information content (AvgIpc) is 3.26. The predicted molar refractivity (Wildman–Crippen MR) is 105 cm³/mol. The maximum atomic E-state index is 13.5. The van der Waals surface area contributed by atoms with E-state index < -0.39 is 0 Å². The number of hydrogen-bond donors (Lipinski definition) is 1. The van der Waals surface area contributed by atoms with Crippen molar-refractivity contribution in [3.8, 4) is 0 Å². The van der Waals surface area contributed by atoms with Gasteiger partial charge in [0.15, 0.2) is 0 Å². The largest absolute Gasteiger partial charge is 0.342 e. The second-order valence-electron chi connectivity index (χ2n) is 8.02. The first-order valence-corrected chi connectivity index (χ1v) is 9.78. The first kappa shape index (κ1) is 19.0. The second kappa shape index (κ2) is 7.46. The van der Waals surface area contributed by atoms with Gasteiger partial charge in [0.1, 0.15) is 0 Å². The molecule has 138 valence electrons. The second-order valence-corrected chi connectivity index (χ2v) is 8.45. The van der Waals surface area contributed by atoms with Crippen molar-refractivity contribution in [3.63, 3.8) is 0 Å². The third kappa shape index (κ3) is 3.43. The van der Waals surface area contributed by atoms with Gasteiger partial charge in [-0.25, -0.2) is 0 Å². The Hall–Kier alpha value is -0.770. The van der Waals surface area contributed by atoms with Gasteiger partial charge >= 0.3 is 0 Å². The van der Waals surface area contributed by atoms with Crippen molar-refractivity contribution in [2.45, 2.75) is 50.4 Å². The van der Waals surface area contributed by atoms with E-state index in [-0.39, 0.29) is 17.8 Å². The minimum Gasteiger partial charge on any atom is -0.342 e. The third-order valence-corrected chi connectivity index (χ3v) is 6.96. The third-order valence-electron chi connectivity index (χ3n) is 6.71. The van der Waals surface area contributed by atoms with Gasteiger partial charge in [0.05, 0.1) is 5.41 Å². The first-order chi connectivity index (χ1) is 11.6. The lowest BCUT2D eigenvalue weighted by molar-refractivity contribution is -0.139. The summed E-state index contributed by atoms with van der Waals surface area (Å²) >= 11 is 6.06. The summed E-state index contributed by atoms with van der Waals surface area (Å²) in [6, 6.07) is 8.00. The SMILES string of the molecule is Cl.O=C(N1CCC2(CCNC2)CC1)C1(c2ccc(Cl)cc2)CCCC1. The number of rotatable bonds is 2. The summed E-state index contributed by atoms with van der Waals surface area (Å²) in [7, 11) is 0. The quantitative estimate of drug-likeness (QED) is 0.831. The molecule has 0 radical (unpaired) electrons. The monoisotopic (exact) mass is 382 g/mol. The van der Waals surface area contributed by atoms with Crippen LogP contribution in [0.5, 0.6) is 0 Å². The Labute approximate surface area is 161 Å². The molecule has 1 N–H and O–H groups in total. The smallest absolute Gasteiger partial charge is 0.233 e. The summed E-state index contributed by atoms with van der Waals surface area (Å²) in [5, 5.41) is 4.25. The molecule has 1 aliphatic carbocycles. The molecule has 1 aromatic rings. The van der Waals surface area contributed by atoms with Gasteiger partial charge in [-0.3, -0.25) is 4.79 Å². The normalized spacial score (nSPS) is 24.3. The molecule has 0 bridgehead atoms. The van der Waals surface area contributed by atoms with Gasteiger partial charge in [0.25, 0.3) is 0 Å². The Bertz CT molecular complexity index is 595. The van der Waals surface area contributed by atoms with Crippen molar-refractivity contribution in [2.24, 2.45) is 5.41 Å². The molecule has 1 saturated carbocycles. The Kier molecular flexibility index (Phi) is 5.67. The molecule has 2 heterocycles. The van der Waals surface area contributed by atoms with Crippen molar-refractivity contribution in [1.82, 2.24) is 10.2 Å². The lowest BCUT2D eigenvalue weighted by Gasteiger charge is -2.42. The van der Waals surface area contributed by atoms with Crippen LogP contribution in [0.4, 0.5) is 0 Å². The van der Waals surface area contributed by atoms with E-state index in [2.05, 4.69) is 22.3 Å². The van der Waals surface area contributed by atoms with Gasteiger partial charge in [0.2, 0.25) is 5.91 Å². The number of carbonyl (C=O) groups is 1. The van der Waals surface area contributed by atoms with E-state index in [4.69, 9.17) is 11.6 Å². The number of nitrogens with one attached hydrogen (secondary N) is 1. The van der Waals surface area contributed by atoms with E-state index in [0.717, 1.165) is 75.3 Å². The Morgan fingerprint density at radius 1 is 1.00 bits per heavy atom. The van der Waals surface area contributed by atoms with Crippen molar-refractivity contribution >= 4 is 29.9 Å². The number of likely N-dealkylation sites (tertiary alicyclic amines) is 1. The summed E-state index contributed by atoms with van der Waals surface area (Å²) in [4.78, 5) is 15.6. The first-order valence-electron chi connectivity index (χ1n) is 9.40. The summed E-state index contributed by atoms with van der Waals surface area (Å²) in [6.45, 7) is 4.13. The van der Waals surface area contributed by atoms with E-state index in [9.17, 15) is 4.79 Å². The van der Waals surface area contributed by atoms with Crippen LogP contribution < -0.4 is 5.32 Å². The zero-order chi connectivity index (χ0) is 16.6. The molecule has 3 fully saturated rings. The summed E-state index contributed by atoms with van der Waals surface area (Å²) in [6.07, 6.45) is 7.85. The molecule has 25 heavy (non-hydrogen) atoms. The van der Waals surface area contributed by atoms with Crippen LogP contribution in [0, 0.1) is 5.41 Å². The van der Waals surface area contributed by atoms with Crippen LogP contribution in [0.3, 0.4) is 0 Å². The van der Waals surface area contributed by atoms with Gasteiger partial charge in [-0.05, 0) is 61.8 Å². The fourth-order valence-electron chi connectivity index (χ4n) is 5.08. The van der Waals surface area contributed by atoms with Crippen LogP contribution in [0.2, 0.25) is 5.02 Å². The number of piperidine rings is 1. The Balaban J connectivity index is 0.00000182. The molecule has 1 amide bonds. The standard InChI is InChI=1S/C20H27ClN2O.ClH/c21-17-5-3-16(4-6-17)20(7-1-2-8-20)18(24)23-13-10-19(11-14-23)9-12-22-15-19;/h3-6,22H,1-2,7-15H2;1H. The maximum Gasteiger partial charge on any atom is 0.233 e. The highest BCUT2D eigenvalue weighted by Crippen LogP contribution is 2.45.